The number of rotatable bonds is 1. The van der Waals surface area contributed by atoms with Gasteiger partial charge in [0.15, 0.2) is 0 Å². The molecule has 4 atom stereocenters. The van der Waals surface area contributed by atoms with Crippen LogP contribution in [0, 0.1) is 17.8 Å². The molecule has 3 bridgehead atoms. The molecule has 3 fully saturated rings. The van der Waals surface area contributed by atoms with Crippen molar-refractivity contribution in [3.8, 4) is 0 Å². The van der Waals surface area contributed by atoms with Gasteiger partial charge >= 0.3 is 0 Å². The van der Waals surface area contributed by atoms with E-state index in [1.807, 2.05) is 5.37 Å². The molecule has 2 heterocycles. The maximum absolute atomic E-state index is 5.65. The maximum Gasteiger partial charge on any atom is 0.0644 e. The summed E-state index contributed by atoms with van der Waals surface area (Å²) < 4.78 is 1.19. The van der Waals surface area contributed by atoms with Crippen molar-refractivity contribution in [3.63, 3.8) is 0 Å². The predicted molar refractivity (Wildman–Crippen MR) is 86.6 cm³/mol. The van der Waals surface area contributed by atoms with Crippen molar-refractivity contribution in [3.05, 3.63) is 0 Å². The lowest BCUT2D eigenvalue weighted by atomic mass is 9.71. The first-order valence-corrected chi connectivity index (χ1v) is 10.0. The zero-order valence-electron chi connectivity index (χ0n) is 10.4. The highest BCUT2D eigenvalue weighted by atomic mass is 32.3. The lowest BCUT2D eigenvalue weighted by Crippen LogP contribution is -2.28. The van der Waals surface area contributed by atoms with Gasteiger partial charge in [-0.25, -0.2) is 10.0 Å². The van der Waals surface area contributed by atoms with Crippen molar-refractivity contribution in [2.45, 2.75) is 38.5 Å². The van der Waals surface area contributed by atoms with Crippen molar-refractivity contribution < 1.29 is 0 Å². The second kappa shape index (κ2) is 4.90. The number of thiocarbonyl (C=S) groups is 2. The van der Waals surface area contributed by atoms with E-state index in [1.165, 1.54) is 60.0 Å². The summed E-state index contributed by atoms with van der Waals surface area (Å²) >= 11 is 10.8. The summed E-state index contributed by atoms with van der Waals surface area (Å²) in [5.74, 6) is 7.32. The van der Waals surface area contributed by atoms with Crippen LogP contribution in [0.25, 0.3) is 0 Å². The van der Waals surface area contributed by atoms with Gasteiger partial charge in [0.05, 0.1) is 4.20 Å². The summed E-state index contributed by atoms with van der Waals surface area (Å²) in [6.07, 6.45) is 8.90. The van der Waals surface area contributed by atoms with Crippen LogP contribution < -0.4 is 0 Å². The predicted octanol–water partition coefficient (Wildman–Crippen LogP) is 4.35. The Labute approximate surface area is 117 Å². The van der Waals surface area contributed by atoms with E-state index < -0.39 is 10.0 Å². The van der Waals surface area contributed by atoms with Crippen LogP contribution in [-0.2, 0) is 0 Å². The van der Waals surface area contributed by atoms with Crippen molar-refractivity contribution in [2.24, 2.45) is 17.8 Å². The van der Waals surface area contributed by atoms with Crippen LogP contribution in [0.2, 0.25) is 0 Å². The second-order valence-corrected chi connectivity index (χ2v) is 10.8. The molecule has 3 unspecified atom stereocenters. The Hall–Kier alpha value is 0.530. The molecule has 2 saturated heterocycles. The summed E-state index contributed by atoms with van der Waals surface area (Å²) in [5, 5.41) is 1.84. The molecule has 1 saturated carbocycles. The largest absolute Gasteiger partial charge is 0.204 e. The van der Waals surface area contributed by atoms with Crippen LogP contribution in [0.3, 0.4) is 0 Å². The zero-order valence-corrected chi connectivity index (χ0v) is 12.8. The van der Waals surface area contributed by atoms with Crippen molar-refractivity contribution >= 4 is 44.0 Å². The van der Waals surface area contributed by atoms with Crippen LogP contribution in [-0.4, -0.2) is 26.8 Å². The Morgan fingerprint density at radius 2 is 1.65 bits per heavy atom. The van der Waals surface area contributed by atoms with E-state index in [2.05, 4.69) is 0 Å². The second-order valence-electron chi connectivity index (χ2n) is 6.16. The maximum atomic E-state index is 5.65. The fourth-order valence-corrected chi connectivity index (χ4v) is 9.35. The van der Waals surface area contributed by atoms with Crippen LogP contribution in [0.5, 0.6) is 0 Å². The fraction of sp³-hybridized carbons (Fsp3) is 0.857. The molecule has 17 heavy (non-hydrogen) atoms. The van der Waals surface area contributed by atoms with Gasteiger partial charge in [0.25, 0.3) is 0 Å². The van der Waals surface area contributed by atoms with Crippen molar-refractivity contribution in [1.29, 1.82) is 0 Å². The third-order valence-electron chi connectivity index (χ3n) is 5.45. The quantitative estimate of drug-likeness (QED) is 0.657. The van der Waals surface area contributed by atoms with E-state index in [-0.39, 0.29) is 0 Å². The fourth-order valence-electron chi connectivity index (χ4n) is 4.28. The van der Waals surface area contributed by atoms with Gasteiger partial charge in [0.1, 0.15) is 0 Å². The highest BCUT2D eigenvalue weighted by molar-refractivity contribution is 8.51. The summed E-state index contributed by atoms with van der Waals surface area (Å²) in [5.41, 5.74) is 0. The molecule has 0 aromatic carbocycles. The monoisotopic (exact) mass is 286 g/mol. The van der Waals surface area contributed by atoms with Gasteiger partial charge in [-0.05, 0) is 67.1 Å². The van der Waals surface area contributed by atoms with E-state index in [1.54, 1.807) is 0 Å². The SMILES string of the molecule is S=CC(=S)[S@@]12CCC3CCC(CC1)C(CC2)C3. The number of hydrogen-bond donors (Lipinski definition) is 0. The third kappa shape index (κ3) is 2.23. The average molecular weight is 287 g/mol. The molecule has 0 N–H and O–H groups in total. The van der Waals surface area contributed by atoms with Gasteiger partial charge < -0.3 is 0 Å². The van der Waals surface area contributed by atoms with Crippen LogP contribution in [0.1, 0.15) is 38.5 Å². The first kappa shape index (κ1) is 12.6. The molecule has 3 rings (SSSR count). The van der Waals surface area contributed by atoms with Crippen LogP contribution >= 0.6 is 34.5 Å². The molecule has 0 amide bonds. The van der Waals surface area contributed by atoms with Crippen molar-refractivity contribution in [1.82, 2.24) is 0 Å². The molecule has 96 valence electrons. The molecule has 3 aliphatic rings. The number of fused-ring (bicyclic) bond motifs is 3. The Morgan fingerprint density at radius 3 is 2.41 bits per heavy atom. The van der Waals surface area contributed by atoms with Crippen LogP contribution in [0.15, 0.2) is 0 Å². The van der Waals surface area contributed by atoms with Gasteiger partial charge in [0.2, 0.25) is 0 Å². The first-order chi connectivity index (χ1) is 8.23. The van der Waals surface area contributed by atoms with Crippen LogP contribution in [0.4, 0.5) is 0 Å². The Bertz CT molecular complexity index is 334. The first-order valence-electron chi connectivity index (χ1n) is 6.99. The normalized spacial score (nSPS) is 44.8. The summed E-state index contributed by atoms with van der Waals surface area (Å²) in [6, 6.07) is 0. The Kier molecular flexibility index (Phi) is 3.62. The van der Waals surface area contributed by atoms with E-state index in [0.29, 0.717) is 0 Å². The molecule has 0 radical (unpaired) electrons. The molecular formula is C14H22S3. The minimum absolute atomic E-state index is 0.649. The van der Waals surface area contributed by atoms with Gasteiger partial charge in [-0.2, -0.15) is 0 Å². The van der Waals surface area contributed by atoms with Gasteiger partial charge in [-0.3, -0.25) is 0 Å². The minimum Gasteiger partial charge on any atom is -0.204 e. The molecular weight excluding hydrogens is 264 g/mol. The lowest BCUT2D eigenvalue weighted by Gasteiger charge is -2.42. The van der Waals surface area contributed by atoms with E-state index in [0.717, 1.165) is 17.8 Å². The zero-order chi connectivity index (χ0) is 11.9. The highest BCUT2D eigenvalue weighted by Gasteiger charge is 2.41. The molecule has 0 nitrogen and oxygen atoms in total. The molecule has 0 aromatic rings. The molecule has 0 aromatic heterocycles. The molecule has 1 aliphatic carbocycles. The Balaban J connectivity index is 1.92. The Morgan fingerprint density at radius 1 is 0.941 bits per heavy atom. The molecule has 2 aliphatic heterocycles. The van der Waals surface area contributed by atoms with Gasteiger partial charge in [-0.15, -0.1) is 0 Å². The smallest absolute Gasteiger partial charge is 0.0644 e. The van der Waals surface area contributed by atoms with Crippen molar-refractivity contribution in [2.75, 3.05) is 17.3 Å². The van der Waals surface area contributed by atoms with E-state index in [4.69, 9.17) is 24.4 Å². The van der Waals surface area contributed by atoms with E-state index in [9.17, 15) is 0 Å². The van der Waals surface area contributed by atoms with Gasteiger partial charge in [-0.1, -0.05) is 30.9 Å². The van der Waals surface area contributed by atoms with Gasteiger partial charge in [0, 0.05) is 5.37 Å². The average Bonchev–Trinajstić information content (AvgIpc) is 2.44. The standard InChI is InChI=1S/C14H22S3/c15-10-14(16)17-6-3-11-1-2-12(4-7-17)13(9-11)5-8-17/h10-13H,1-9H2. The lowest BCUT2D eigenvalue weighted by molar-refractivity contribution is 0.171. The summed E-state index contributed by atoms with van der Waals surface area (Å²) in [4.78, 5) is 0. The van der Waals surface area contributed by atoms with E-state index >= 15 is 0 Å². The highest BCUT2D eigenvalue weighted by Crippen LogP contribution is 2.59. The minimum atomic E-state index is -0.649. The molecule has 0 spiro atoms. The third-order valence-corrected chi connectivity index (χ3v) is 11.2. The molecule has 3 heteroatoms. The summed E-state index contributed by atoms with van der Waals surface area (Å²) in [6.45, 7) is 0. The summed E-state index contributed by atoms with van der Waals surface area (Å²) in [7, 11) is -0.649. The number of hydrogen-bond acceptors (Lipinski definition) is 2. The topological polar surface area (TPSA) is 0 Å².